The van der Waals surface area contributed by atoms with Crippen LogP contribution in [0.1, 0.15) is 6.92 Å². The molecule has 0 saturated carbocycles. The van der Waals surface area contributed by atoms with Crippen molar-refractivity contribution in [1.29, 1.82) is 0 Å². The molecule has 1 amide bonds. The second kappa shape index (κ2) is 5.88. The zero-order chi connectivity index (χ0) is 8.69. The van der Waals surface area contributed by atoms with Gasteiger partial charge in [-0.3, -0.25) is 10.1 Å². The van der Waals surface area contributed by atoms with Crippen molar-refractivity contribution in [3.63, 3.8) is 0 Å². The standard InChI is InChI=1S/C7H15N3O/c1-3-7(11)10-6(2)9-5-4-8/h3,6,9H,1,4-5,8H2,2H3,(H,10,11). The molecule has 1 unspecified atom stereocenters. The van der Waals surface area contributed by atoms with Crippen LogP contribution in [0.25, 0.3) is 0 Å². The monoisotopic (exact) mass is 157 g/mol. The summed E-state index contributed by atoms with van der Waals surface area (Å²) in [6, 6.07) is 0. The highest BCUT2D eigenvalue weighted by molar-refractivity contribution is 5.86. The van der Waals surface area contributed by atoms with Gasteiger partial charge in [-0.1, -0.05) is 6.58 Å². The minimum Gasteiger partial charge on any atom is -0.338 e. The maximum absolute atomic E-state index is 10.7. The third-order valence-electron chi connectivity index (χ3n) is 1.14. The molecule has 0 radical (unpaired) electrons. The first-order chi connectivity index (χ1) is 5.20. The lowest BCUT2D eigenvalue weighted by Gasteiger charge is -2.13. The number of amides is 1. The largest absolute Gasteiger partial charge is 0.338 e. The number of hydrogen-bond donors (Lipinski definition) is 3. The second-order valence-corrected chi connectivity index (χ2v) is 2.18. The summed E-state index contributed by atoms with van der Waals surface area (Å²) in [5, 5.41) is 5.63. The minimum atomic E-state index is -0.179. The molecule has 0 aliphatic rings. The van der Waals surface area contributed by atoms with E-state index in [0.29, 0.717) is 13.1 Å². The van der Waals surface area contributed by atoms with E-state index in [2.05, 4.69) is 17.2 Å². The summed E-state index contributed by atoms with van der Waals surface area (Å²) in [4.78, 5) is 10.7. The van der Waals surface area contributed by atoms with Gasteiger partial charge in [0.1, 0.15) is 0 Å². The molecule has 4 heteroatoms. The topological polar surface area (TPSA) is 67.2 Å². The highest BCUT2D eigenvalue weighted by atomic mass is 16.1. The van der Waals surface area contributed by atoms with Gasteiger partial charge in [0.15, 0.2) is 0 Å². The van der Waals surface area contributed by atoms with Crippen LogP contribution in [-0.2, 0) is 4.79 Å². The Morgan fingerprint density at radius 1 is 1.82 bits per heavy atom. The van der Waals surface area contributed by atoms with Crippen molar-refractivity contribution in [2.24, 2.45) is 5.73 Å². The van der Waals surface area contributed by atoms with E-state index in [1.54, 1.807) is 0 Å². The van der Waals surface area contributed by atoms with Crippen molar-refractivity contribution < 1.29 is 4.79 Å². The molecule has 0 fully saturated rings. The molecule has 0 aliphatic carbocycles. The molecule has 0 saturated heterocycles. The molecule has 64 valence electrons. The number of nitrogens with one attached hydrogen (secondary N) is 2. The Kier molecular flexibility index (Phi) is 5.42. The van der Waals surface area contributed by atoms with Crippen LogP contribution in [0.15, 0.2) is 12.7 Å². The van der Waals surface area contributed by atoms with Crippen LogP contribution in [0.4, 0.5) is 0 Å². The van der Waals surface area contributed by atoms with Gasteiger partial charge in [-0.05, 0) is 13.0 Å². The summed E-state index contributed by atoms with van der Waals surface area (Å²) in [6.07, 6.45) is 1.18. The van der Waals surface area contributed by atoms with E-state index in [0.717, 1.165) is 0 Å². The molecule has 0 aromatic heterocycles. The minimum absolute atomic E-state index is 0.0518. The first-order valence-electron chi connectivity index (χ1n) is 3.57. The third kappa shape index (κ3) is 5.57. The third-order valence-corrected chi connectivity index (χ3v) is 1.14. The van der Waals surface area contributed by atoms with Crippen molar-refractivity contribution in [2.45, 2.75) is 13.1 Å². The van der Waals surface area contributed by atoms with Crippen LogP contribution < -0.4 is 16.4 Å². The number of carbonyl (C=O) groups excluding carboxylic acids is 1. The Balaban J connectivity index is 3.43. The van der Waals surface area contributed by atoms with Crippen LogP contribution in [0.5, 0.6) is 0 Å². The van der Waals surface area contributed by atoms with Crippen molar-refractivity contribution in [3.8, 4) is 0 Å². The fourth-order valence-corrected chi connectivity index (χ4v) is 0.623. The lowest BCUT2D eigenvalue weighted by molar-refractivity contribution is -0.117. The predicted molar refractivity (Wildman–Crippen MR) is 44.9 cm³/mol. The Bertz CT molecular complexity index is 136. The van der Waals surface area contributed by atoms with E-state index < -0.39 is 0 Å². The maximum Gasteiger partial charge on any atom is 0.244 e. The summed E-state index contributed by atoms with van der Waals surface area (Å²) >= 11 is 0. The summed E-state index contributed by atoms with van der Waals surface area (Å²) < 4.78 is 0. The van der Waals surface area contributed by atoms with E-state index >= 15 is 0 Å². The number of rotatable bonds is 5. The van der Waals surface area contributed by atoms with Crippen molar-refractivity contribution in [1.82, 2.24) is 10.6 Å². The molecule has 1 atom stereocenters. The molecule has 11 heavy (non-hydrogen) atoms. The van der Waals surface area contributed by atoms with E-state index in [1.807, 2.05) is 6.92 Å². The normalized spacial score (nSPS) is 12.2. The molecular formula is C7H15N3O. The van der Waals surface area contributed by atoms with Gasteiger partial charge in [0.05, 0.1) is 6.17 Å². The number of carbonyl (C=O) groups is 1. The van der Waals surface area contributed by atoms with Gasteiger partial charge in [-0.25, -0.2) is 0 Å². The first-order valence-corrected chi connectivity index (χ1v) is 3.57. The SMILES string of the molecule is C=CC(=O)NC(C)NCCN. The maximum atomic E-state index is 10.7. The molecule has 0 aromatic carbocycles. The predicted octanol–water partition coefficient (Wildman–Crippen LogP) is -0.817. The van der Waals surface area contributed by atoms with Crippen molar-refractivity contribution >= 4 is 5.91 Å². The highest BCUT2D eigenvalue weighted by Gasteiger charge is 2.00. The Morgan fingerprint density at radius 3 is 2.91 bits per heavy atom. The molecule has 0 heterocycles. The Labute approximate surface area is 66.8 Å². The molecule has 0 aromatic rings. The highest BCUT2D eigenvalue weighted by Crippen LogP contribution is 1.74. The number of hydrogen-bond acceptors (Lipinski definition) is 3. The van der Waals surface area contributed by atoms with E-state index in [1.165, 1.54) is 6.08 Å². The average molecular weight is 157 g/mol. The zero-order valence-corrected chi connectivity index (χ0v) is 6.76. The van der Waals surface area contributed by atoms with Crippen molar-refractivity contribution in [2.75, 3.05) is 13.1 Å². The quantitative estimate of drug-likeness (QED) is 0.361. The summed E-state index contributed by atoms with van der Waals surface area (Å²) in [6.45, 7) is 6.43. The molecule has 0 bridgehead atoms. The molecule has 0 spiro atoms. The zero-order valence-electron chi connectivity index (χ0n) is 6.76. The van der Waals surface area contributed by atoms with Crippen LogP contribution >= 0.6 is 0 Å². The van der Waals surface area contributed by atoms with Crippen molar-refractivity contribution in [3.05, 3.63) is 12.7 Å². The first kappa shape index (κ1) is 10.1. The van der Waals surface area contributed by atoms with Crippen LogP contribution in [0, 0.1) is 0 Å². The summed E-state index contributed by atoms with van der Waals surface area (Å²) in [5.74, 6) is -0.179. The van der Waals surface area contributed by atoms with Gasteiger partial charge in [0.2, 0.25) is 5.91 Å². The van der Waals surface area contributed by atoms with E-state index in [4.69, 9.17) is 5.73 Å². The fourth-order valence-electron chi connectivity index (χ4n) is 0.623. The van der Waals surface area contributed by atoms with Crippen LogP contribution in [-0.4, -0.2) is 25.2 Å². The van der Waals surface area contributed by atoms with Gasteiger partial charge < -0.3 is 11.1 Å². The van der Waals surface area contributed by atoms with Gasteiger partial charge in [0, 0.05) is 13.1 Å². The summed E-state index contributed by atoms with van der Waals surface area (Å²) in [5.41, 5.74) is 5.24. The molecule has 0 aliphatic heterocycles. The fraction of sp³-hybridized carbons (Fsp3) is 0.571. The van der Waals surface area contributed by atoms with E-state index in [9.17, 15) is 4.79 Å². The van der Waals surface area contributed by atoms with E-state index in [-0.39, 0.29) is 12.1 Å². The molecule has 4 nitrogen and oxygen atoms in total. The van der Waals surface area contributed by atoms with Gasteiger partial charge in [-0.15, -0.1) is 0 Å². The van der Waals surface area contributed by atoms with Gasteiger partial charge in [0.25, 0.3) is 0 Å². The summed E-state index contributed by atoms with van der Waals surface area (Å²) in [7, 11) is 0. The molecule has 0 rings (SSSR count). The van der Waals surface area contributed by atoms with Crippen LogP contribution in [0.3, 0.4) is 0 Å². The average Bonchev–Trinajstić information content (AvgIpc) is 2.00. The molecule has 4 N–H and O–H groups in total. The lowest BCUT2D eigenvalue weighted by atomic mass is 10.4. The van der Waals surface area contributed by atoms with Gasteiger partial charge >= 0.3 is 0 Å². The lowest BCUT2D eigenvalue weighted by Crippen LogP contribution is -2.44. The Morgan fingerprint density at radius 2 is 2.45 bits per heavy atom. The van der Waals surface area contributed by atoms with Gasteiger partial charge in [-0.2, -0.15) is 0 Å². The second-order valence-electron chi connectivity index (χ2n) is 2.18. The van der Waals surface area contributed by atoms with Crippen LogP contribution in [0.2, 0.25) is 0 Å². The number of nitrogens with two attached hydrogens (primary N) is 1. The Hall–Kier alpha value is -0.870. The molecular weight excluding hydrogens is 142 g/mol. The smallest absolute Gasteiger partial charge is 0.244 e.